The number of sulfone groups is 1. The smallest absolute Gasteiger partial charge is 0.227 e. The Bertz CT molecular complexity index is 668. The van der Waals surface area contributed by atoms with Gasteiger partial charge in [-0.05, 0) is 21.1 Å². The van der Waals surface area contributed by atoms with Gasteiger partial charge in [0.1, 0.15) is 0 Å². The second-order valence-electron chi connectivity index (χ2n) is 3.48. The third-order valence-electron chi connectivity index (χ3n) is 2.32. The molecule has 96 valence electrons. The number of rotatable bonds is 3. The largest absolute Gasteiger partial charge is 0.503 e. The first-order valence-corrected chi connectivity index (χ1v) is 9.67. The molecule has 0 unspecified atom stereocenters. The third kappa shape index (κ3) is 2.24. The fraction of sp³-hybridized carbons (Fsp3) is 0.100. The Balaban J connectivity index is 2.66. The summed E-state index contributed by atoms with van der Waals surface area (Å²) in [5.74, 6) is -0.305. The monoisotopic (exact) mass is 396 g/mol. The Hall–Kier alpha value is -0.740. The van der Waals surface area contributed by atoms with Gasteiger partial charge in [-0.25, -0.2) is 8.42 Å². The molecule has 0 amide bonds. The van der Waals surface area contributed by atoms with Crippen molar-refractivity contribution in [1.29, 1.82) is 0 Å². The molecule has 1 N–H and O–H groups in total. The summed E-state index contributed by atoms with van der Waals surface area (Å²) in [5, 5.41) is 14.0. The fourth-order valence-electron chi connectivity index (χ4n) is 1.54. The molecule has 8 heteroatoms. The summed E-state index contributed by atoms with van der Waals surface area (Å²) < 4.78 is 25.9. The molecule has 2 rings (SSSR count). The lowest BCUT2D eigenvalue weighted by Gasteiger charge is -2.04. The van der Waals surface area contributed by atoms with E-state index in [-0.39, 0.29) is 20.7 Å². The number of benzene rings is 1. The highest BCUT2D eigenvalue weighted by Crippen LogP contribution is 2.38. The van der Waals surface area contributed by atoms with Crippen molar-refractivity contribution in [1.82, 2.24) is 9.78 Å². The minimum Gasteiger partial charge on any atom is -0.503 e. The van der Waals surface area contributed by atoms with Crippen molar-refractivity contribution in [3.8, 4) is 5.75 Å². The van der Waals surface area contributed by atoms with Gasteiger partial charge in [0.05, 0.1) is 4.90 Å². The average Bonchev–Trinajstić information content (AvgIpc) is 2.65. The van der Waals surface area contributed by atoms with E-state index in [4.69, 9.17) is 0 Å². The van der Waals surface area contributed by atoms with Gasteiger partial charge in [0.2, 0.25) is 14.9 Å². The highest BCUT2D eigenvalue weighted by atomic mass is 127. The van der Waals surface area contributed by atoms with Crippen LogP contribution < -0.4 is 0 Å². The molecule has 0 fully saturated rings. The maximum Gasteiger partial charge on any atom is 0.227 e. The molecule has 5 nitrogen and oxygen atoms in total. The molecule has 0 aliphatic heterocycles. The van der Waals surface area contributed by atoms with Gasteiger partial charge in [-0.15, -0.1) is 0 Å². The van der Waals surface area contributed by atoms with E-state index in [2.05, 4.69) is 5.10 Å². The number of hydrogen-bond donors (Lipinski definition) is 1. The Morgan fingerprint density at radius 3 is 2.44 bits per heavy atom. The van der Waals surface area contributed by atoms with Gasteiger partial charge in [0.25, 0.3) is 0 Å². The maximum atomic E-state index is 12.4. The lowest BCUT2D eigenvalue weighted by Crippen LogP contribution is -2.08. The highest BCUT2D eigenvalue weighted by Gasteiger charge is 2.28. The normalized spacial score (nSPS) is 11.7. The van der Waals surface area contributed by atoms with Crippen molar-refractivity contribution in [2.75, 3.05) is 0 Å². The summed E-state index contributed by atoms with van der Waals surface area (Å²) in [6.07, 6.45) is 0. The summed E-state index contributed by atoms with van der Waals surface area (Å²) in [6.45, 7) is 0. The molecule has 0 aliphatic rings. The second kappa shape index (κ2) is 5.10. The highest BCUT2D eigenvalue weighted by molar-refractivity contribution is 14.2. The van der Waals surface area contributed by atoms with Crippen LogP contribution in [0.3, 0.4) is 0 Å². The van der Waals surface area contributed by atoms with Crippen molar-refractivity contribution in [2.45, 2.75) is 14.9 Å². The number of halogens is 1. The van der Waals surface area contributed by atoms with Crippen LogP contribution in [0.2, 0.25) is 0 Å². The zero-order valence-electron chi connectivity index (χ0n) is 9.24. The average molecular weight is 396 g/mol. The van der Waals surface area contributed by atoms with E-state index in [0.29, 0.717) is 0 Å². The molecule has 1 heterocycles. The molecule has 2 aromatic rings. The quantitative estimate of drug-likeness (QED) is 0.807. The molecule has 0 atom stereocenters. The van der Waals surface area contributed by atoms with E-state index in [1.165, 1.54) is 32.8 Å². The molecule has 0 spiro atoms. The van der Waals surface area contributed by atoms with E-state index in [9.17, 15) is 13.5 Å². The predicted molar refractivity (Wildman–Crippen MR) is 76.6 cm³/mol. The molecule has 1 aromatic heterocycles. The van der Waals surface area contributed by atoms with Gasteiger partial charge in [0.15, 0.2) is 10.8 Å². The molecular formula is C10H9IN2O3S2. The van der Waals surface area contributed by atoms with Gasteiger partial charge in [0, 0.05) is 28.3 Å². The van der Waals surface area contributed by atoms with Crippen molar-refractivity contribution in [3.63, 3.8) is 0 Å². The Labute approximate surface area is 121 Å². The summed E-state index contributed by atoms with van der Waals surface area (Å²) in [5.41, 5.74) is 0. The van der Waals surface area contributed by atoms with Crippen LogP contribution in [0.15, 0.2) is 45.3 Å². The van der Waals surface area contributed by atoms with Crippen LogP contribution in [0.4, 0.5) is 0 Å². The molecule has 18 heavy (non-hydrogen) atoms. The first-order chi connectivity index (χ1) is 8.48. The molecule has 1 aromatic carbocycles. The van der Waals surface area contributed by atoms with Gasteiger partial charge in [-0.2, -0.15) is 5.10 Å². The summed E-state index contributed by atoms with van der Waals surface area (Å²) in [4.78, 5) is 0.133. The van der Waals surface area contributed by atoms with Crippen LogP contribution in [0.5, 0.6) is 5.75 Å². The predicted octanol–water partition coefficient (Wildman–Crippen LogP) is 2.40. The molecule has 0 saturated heterocycles. The van der Waals surface area contributed by atoms with Crippen molar-refractivity contribution in [3.05, 3.63) is 30.3 Å². The number of aromatic nitrogens is 2. The summed E-state index contributed by atoms with van der Waals surface area (Å²) in [7, 11) is -1.10. The van der Waals surface area contributed by atoms with Crippen LogP contribution in [-0.2, 0) is 16.9 Å². The van der Waals surface area contributed by atoms with E-state index < -0.39 is 9.84 Å². The van der Waals surface area contributed by atoms with Crippen LogP contribution in [0, 0.1) is 0 Å². The van der Waals surface area contributed by atoms with Gasteiger partial charge < -0.3 is 5.11 Å². The second-order valence-corrected chi connectivity index (χ2v) is 7.20. The van der Waals surface area contributed by atoms with Crippen LogP contribution in [0.25, 0.3) is 0 Å². The lowest BCUT2D eigenvalue weighted by molar-refractivity contribution is 0.443. The van der Waals surface area contributed by atoms with Gasteiger partial charge in [-0.3, -0.25) is 4.68 Å². The van der Waals surface area contributed by atoms with E-state index in [1.54, 1.807) is 18.2 Å². The SMILES string of the molecule is Cn1nc(SI)c(O)c1S(=O)(=O)c1ccccc1. The van der Waals surface area contributed by atoms with E-state index in [1.807, 2.05) is 21.2 Å². The standard InChI is InChI=1S/C10H9IN2O3S2/c1-13-10(8(14)9(12-13)17-11)18(15,16)7-5-3-2-4-6-7/h2-6,14H,1H3. The van der Waals surface area contributed by atoms with Crippen molar-refractivity contribution >= 4 is 40.0 Å². The van der Waals surface area contributed by atoms with E-state index >= 15 is 0 Å². The van der Waals surface area contributed by atoms with Gasteiger partial charge in [-0.1, -0.05) is 18.2 Å². The van der Waals surface area contributed by atoms with Gasteiger partial charge >= 0.3 is 0 Å². The zero-order valence-corrected chi connectivity index (χ0v) is 13.0. The van der Waals surface area contributed by atoms with Crippen LogP contribution >= 0.6 is 30.1 Å². The van der Waals surface area contributed by atoms with E-state index in [0.717, 1.165) is 0 Å². The molecule has 0 bridgehead atoms. The number of nitrogens with zero attached hydrogens (tertiary/aromatic N) is 2. The molecule has 0 radical (unpaired) electrons. The molecule has 0 aliphatic carbocycles. The zero-order chi connectivity index (χ0) is 13.3. The van der Waals surface area contributed by atoms with Crippen molar-refractivity contribution < 1.29 is 13.5 Å². The summed E-state index contributed by atoms with van der Waals surface area (Å²) >= 11 is 1.94. The van der Waals surface area contributed by atoms with Crippen LogP contribution in [0.1, 0.15) is 0 Å². The first kappa shape index (κ1) is 13.7. The summed E-state index contributed by atoms with van der Waals surface area (Å²) in [6, 6.07) is 7.97. The minimum atomic E-state index is -3.76. The fourth-order valence-corrected chi connectivity index (χ4v) is 4.29. The Morgan fingerprint density at radius 1 is 1.33 bits per heavy atom. The Morgan fingerprint density at radius 2 is 1.94 bits per heavy atom. The number of hydrogen-bond acceptors (Lipinski definition) is 5. The van der Waals surface area contributed by atoms with Crippen LogP contribution in [-0.4, -0.2) is 23.3 Å². The number of aryl methyl sites for hydroxylation is 1. The number of aromatic hydroxyl groups is 1. The topological polar surface area (TPSA) is 72.2 Å². The molecule has 0 saturated carbocycles. The Kier molecular flexibility index (Phi) is 3.87. The molecular weight excluding hydrogens is 387 g/mol. The first-order valence-electron chi connectivity index (χ1n) is 4.83. The van der Waals surface area contributed by atoms with Crippen molar-refractivity contribution in [2.24, 2.45) is 7.05 Å². The lowest BCUT2D eigenvalue weighted by atomic mass is 10.4. The minimum absolute atomic E-state index is 0.133. The third-order valence-corrected chi connectivity index (χ3v) is 5.85. The maximum absolute atomic E-state index is 12.4.